The molecular weight excluding hydrogens is 350 g/mol. The van der Waals surface area contributed by atoms with Crippen LogP contribution in [-0.4, -0.2) is 58.7 Å². The van der Waals surface area contributed by atoms with Gasteiger partial charge in [-0.2, -0.15) is 5.10 Å². The highest BCUT2D eigenvalue weighted by atomic mass is 16.2. The molecule has 3 heterocycles. The normalized spacial score (nSPS) is 19.2. The smallest absolute Gasteiger partial charge is 0.254 e. The van der Waals surface area contributed by atoms with E-state index in [0.717, 1.165) is 69.1 Å². The number of fused-ring (bicyclic) bond motifs is 1. The molecule has 1 fully saturated rings. The van der Waals surface area contributed by atoms with Gasteiger partial charge in [0, 0.05) is 25.2 Å². The standard InChI is InChI=1S/C22H31N5O/c1-3-10-25(2)15-18-13-19-16-26(11-12-27(19)24-18)22(28)21-7-5-4-6-20(21)17-8-9-23-14-17/h4-7,13,17,23H,3,8-12,14-16H2,1-2H3/t17-/m0/s1. The monoisotopic (exact) mass is 381 g/mol. The molecule has 1 atom stereocenters. The van der Waals surface area contributed by atoms with Crippen LogP contribution in [-0.2, 0) is 19.6 Å². The lowest BCUT2D eigenvalue weighted by Crippen LogP contribution is -2.38. The summed E-state index contributed by atoms with van der Waals surface area (Å²) in [6.07, 6.45) is 2.24. The summed E-state index contributed by atoms with van der Waals surface area (Å²) in [7, 11) is 2.13. The second-order valence-electron chi connectivity index (χ2n) is 8.09. The van der Waals surface area contributed by atoms with Crippen molar-refractivity contribution in [3.05, 3.63) is 52.8 Å². The zero-order valence-electron chi connectivity index (χ0n) is 17.0. The topological polar surface area (TPSA) is 53.4 Å². The Labute approximate surface area is 167 Å². The molecule has 6 heteroatoms. The van der Waals surface area contributed by atoms with Crippen LogP contribution in [0.25, 0.3) is 0 Å². The Morgan fingerprint density at radius 2 is 2.18 bits per heavy atom. The molecule has 0 saturated carbocycles. The van der Waals surface area contributed by atoms with Crippen molar-refractivity contribution in [2.45, 2.75) is 45.3 Å². The summed E-state index contributed by atoms with van der Waals surface area (Å²) in [4.78, 5) is 17.6. The Hall–Kier alpha value is -2.18. The molecule has 0 bridgehead atoms. The van der Waals surface area contributed by atoms with Crippen LogP contribution in [0.1, 0.15) is 53.0 Å². The summed E-state index contributed by atoms with van der Waals surface area (Å²) < 4.78 is 2.08. The quantitative estimate of drug-likeness (QED) is 0.835. The molecule has 0 radical (unpaired) electrons. The fourth-order valence-corrected chi connectivity index (χ4v) is 4.45. The number of hydrogen-bond acceptors (Lipinski definition) is 4. The number of nitrogens with zero attached hydrogens (tertiary/aromatic N) is 4. The molecule has 2 aliphatic rings. The SMILES string of the molecule is CCCN(C)Cc1cc2n(n1)CCN(C(=O)c1ccccc1[C@H]1CCNC1)C2. The highest BCUT2D eigenvalue weighted by Gasteiger charge is 2.27. The van der Waals surface area contributed by atoms with Crippen LogP contribution >= 0.6 is 0 Å². The number of hydrogen-bond donors (Lipinski definition) is 1. The zero-order chi connectivity index (χ0) is 19.5. The number of benzene rings is 1. The molecule has 0 unspecified atom stereocenters. The van der Waals surface area contributed by atoms with Gasteiger partial charge in [0.1, 0.15) is 0 Å². The predicted molar refractivity (Wildman–Crippen MR) is 110 cm³/mol. The van der Waals surface area contributed by atoms with Crippen molar-refractivity contribution in [2.75, 3.05) is 33.2 Å². The molecule has 4 rings (SSSR count). The lowest BCUT2D eigenvalue weighted by Gasteiger charge is -2.29. The van der Waals surface area contributed by atoms with Crippen molar-refractivity contribution < 1.29 is 4.79 Å². The highest BCUT2D eigenvalue weighted by Crippen LogP contribution is 2.27. The van der Waals surface area contributed by atoms with E-state index in [0.29, 0.717) is 12.5 Å². The summed E-state index contributed by atoms with van der Waals surface area (Å²) in [5, 5.41) is 8.17. The molecule has 2 aromatic rings. The molecular formula is C22H31N5O. The Kier molecular flexibility index (Phi) is 5.78. The summed E-state index contributed by atoms with van der Waals surface area (Å²) in [5.74, 6) is 0.593. The van der Waals surface area contributed by atoms with Crippen LogP contribution in [0.5, 0.6) is 0 Å². The lowest BCUT2D eigenvalue weighted by atomic mass is 9.93. The van der Waals surface area contributed by atoms with E-state index < -0.39 is 0 Å². The van der Waals surface area contributed by atoms with E-state index in [1.165, 1.54) is 5.56 Å². The Morgan fingerprint density at radius 3 is 2.96 bits per heavy atom. The Balaban J connectivity index is 1.49. The largest absolute Gasteiger partial charge is 0.331 e. The van der Waals surface area contributed by atoms with Gasteiger partial charge < -0.3 is 15.1 Å². The van der Waals surface area contributed by atoms with Gasteiger partial charge in [0.25, 0.3) is 5.91 Å². The van der Waals surface area contributed by atoms with Crippen molar-refractivity contribution >= 4 is 5.91 Å². The first-order valence-electron chi connectivity index (χ1n) is 10.5. The first-order valence-corrected chi connectivity index (χ1v) is 10.5. The Bertz CT molecular complexity index is 824. The summed E-state index contributed by atoms with van der Waals surface area (Å²) in [6.45, 7) is 8.24. The third kappa shape index (κ3) is 3.98. The van der Waals surface area contributed by atoms with E-state index in [1.54, 1.807) is 0 Å². The molecule has 2 aliphatic heterocycles. The molecule has 1 aromatic heterocycles. The second kappa shape index (κ2) is 8.45. The number of amides is 1. The predicted octanol–water partition coefficient (Wildman–Crippen LogP) is 2.46. The van der Waals surface area contributed by atoms with Gasteiger partial charge in [0.15, 0.2) is 0 Å². The molecule has 1 amide bonds. The number of nitrogens with one attached hydrogen (secondary N) is 1. The van der Waals surface area contributed by atoms with Crippen LogP contribution in [0.4, 0.5) is 0 Å². The van der Waals surface area contributed by atoms with Crippen molar-refractivity contribution in [2.24, 2.45) is 0 Å². The van der Waals surface area contributed by atoms with E-state index >= 15 is 0 Å². The molecule has 6 nitrogen and oxygen atoms in total. The highest BCUT2D eigenvalue weighted by molar-refractivity contribution is 5.96. The van der Waals surface area contributed by atoms with Crippen molar-refractivity contribution in [1.82, 2.24) is 24.9 Å². The lowest BCUT2D eigenvalue weighted by molar-refractivity contribution is 0.0704. The van der Waals surface area contributed by atoms with Gasteiger partial charge >= 0.3 is 0 Å². The zero-order valence-corrected chi connectivity index (χ0v) is 17.0. The molecule has 1 N–H and O–H groups in total. The van der Waals surface area contributed by atoms with Gasteiger partial charge in [-0.1, -0.05) is 25.1 Å². The van der Waals surface area contributed by atoms with Gasteiger partial charge in [-0.25, -0.2) is 0 Å². The average molecular weight is 382 g/mol. The van der Waals surface area contributed by atoms with Gasteiger partial charge in [-0.15, -0.1) is 0 Å². The number of aromatic nitrogens is 2. The summed E-state index contributed by atoms with van der Waals surface area (Å²) >= 11 is 0. The third-order valence-corrected chi connectivity index (χ3v) is 5.86. The molecule has 0 aliphatic carbocycles. The minimum atomic E-state index is 0.152. The maximum atomic E-state index is 13.3. The molecule has 0 spiro atoms. The van der Waals surface area contributed by atoms with Crippen LogP contribution in [0, 0.1) is 0 Å². The summed E-state index contributed by atoms with van der Waals surface area (Å²) in [5.41, 5.74) is 4.29. The first-order chi connectivity index (χ1) is 13.7. The van der Waals surface area contributed by atoms with E-state index in [1.807, 2.05) is 17.0 Å². The van der Waals surface area contributed by atoms with Gasteiger partial charge in [-0.3, -0.25) is 9.48 Å². The third-order valence-electron chi connectivity index (χ3n) is 5.86. The van der Waals surface area contributed by atoms with Crippen molar-refractivity contribution in [3.8, 4) is 0 Å². The van der Waals surface area contributed by atoms with Gasteiger partial charge in [0.05, 0.1) is 24.5 Å². The minimum absolute atomic E-state index is 0.152. The first kappa shape index (κ1) is 19.2. The van der Waals surface area contributed by atoms with E-state index in [4.69, 9.17) is 5.10 Å². The molecule has 1 saturated heterocycles. The molecule has 150 valence electrons. The second-order valence-corrected chi connectivity index (χ2v) is 8.09. The van der Waals surface area contributed by atoms with Gasteiger partial charge in [-0.05, 0) is 56.6 Å². The van der Waals surface area contributed by atoms with Crippen LogP contribution in [0.15, 0.2) is 30.3 Å². The average Bonchev–Trinajstić information content (AvgIpc) is 3.36. The van der Waals surface area contributed by atoms with E-state index in [-0.39, 0.29) is 5.91 Å². The van der Waals surface area contributed by atoms with E-state index in [2.05, 4.69) is 47.1 Å². The van der Waals surface area contributed by atoms with Gasteiger partial charge in [0.2, 0.25) is 0 Å². The maximum absolute atomic E-state index is 13.3. The van der Waals surface area contributed by atoms with Crippen LogP contribution in [0.2, 0.25) is 0 Å². The fourth-order valence-electron chi connectivity index (χ4n) is 4.45. The van der Waals surface area contributed by atoms with Crippen LogP contribution in [0.3, 0.4) is 0 Å². The molecule has 1 aromatic carbocycles. The number of rotatable bonds is 6. The maximum Gasteiger partial charge on any atom is 0.254 e. The summed E-state index contributed by atoms with van der Waals surface area (Å²) in [6, 6.07) is 10.3. The Morgan fingerprint density at radius 1 is 1.32 bits per heavy atom. The van der Waals surface area contributed by atoms with Crippen molar-refractivity contribution in [1.29, 1.82) is 0 Å². The molecule has 28 heavy (non-hydrogen) atoms. The minimum Gasteiger partial charge on any atom is -0.331 e. The van der Waals surface area contributed by atoms with Crippen molar-refractivity contribution in [3.63, 3.8) is 0 Å². The fraction of sp³-hybridized carbons (Fsp3) is 0.545. The van der Waals surface area contributed by atoms with E-state index in [9.17, 15) is 4.79 Å². The number of carbonyl (C=O) groups is 1. The van der Waals surface area contributed by atoms with Crippen LogP contribution < -0.4 is 5.32 Å². The number of carbonyl (C=O) groups excluding carboxylic acids is 1.